The molecule has 10 bridgehead atoms. The van der Waals surface area contributed by atoms with Crippen molar-refractivity contribution in [2.45, 2.75) is 443 Å². The Bertz CT molecular complexity index is 4560. The summed E-state index contributed by atoms with van der Waals surface area (Å²) in [5.74, 6) is -4.74. The Morgan fingerprint density at radius 2 is 0.913 bits per heavy atom. The van der Waals surface area contributed by atoms with E-state index in [0.717, 1.165) is 112 Å². The van der Waals surface area contributed by atoms with Crippen LogP contribution in [0.2, 0.25) is 0 Å². The maximum absolute atomic E-state index is 14.0. The Morgan fingerprint density at radius 3 is 1.36 bits per heavy atom. The molecule has 30 heteroatoms. The lowest BCUT2D eigenvalue weighted by Gasteiger charge is -2.70. The van der Waals surface area contributed by atoms with Crippen molar-refractivity contribution in [1.29, 1.82) is 0 Å². The zero-order chi connectivity index (χ0) is 104. The molecule has 9 aliphatic carbocycles. The molecule has 0 radical (unpaired) electrons. The largest absolute Gasteiger partial charge is 0.508 e. The standard InChI is InChI=1S/C22H38O4.C20H32O2.C19H28O3.C13H18O5.C12H17F5O4.C12H16O3.C10H16O4/c1-8-17(2,3)16(23)26-22-11-15-9-20(13-22,18(4,5)24)12-21(10-15,14-22)19(6,7)25;1-5-19(3,4)18(21)22-20(6-2)11-14-10-15(20)17-13-8-7-12(9-13)16(14)17;1-5-18(2,3)17(20)21-15-9-11-16(12-10-15)22-19(4)13-7-6-8-14-19;1-4-13(2,3)12(15)18-9-7-5-6-8(16-7)10(9)17-11(6)14;1-5-8(2,3)7(18)21-9(4)6-20-11(19,10(9,13)14)12(15,16)17;1-4-12(2,3)11(14)15-10-7-5-9(13)6-8-10;1-4-10(2,3)9(12)14-7-5-6-13-8(7)11/h15,24-25H,8-14H2,1-7H3;12-17H,5-11H2,1-4H3;9-12H,5-8,13-14H2,1-4H3;6-10H,4-5H2,1-3H3;19H,5-6H2,1-4H3;5-8,13H,4H2,1-3H3;7H,4-6H2,1-3H3. The van der Waals surface area contributed by atoms with E-state index in [0.29, 0.717) is 75.4 Å². The number of rotatable bonds is 26. The number of cyclic esters (lactones) is 1. The number of benzene rings is 2. The first-order valence-corrected chi connectivity index (χ1v) is 50.8. The van der Waals surface area contributed by atoms with Gasteiger partial charge in [-0.3, -0.25) is 38.4 Å². The van der Waals surface area contributed by atoms with Gasteiger partial charge >= 0.3 is 71.6 Å². The molecule has 14 fully saturated rings. The lowest BCUT2D eigenvalue weighted by Crippen LogP contribution is -2.70. The topological polar surface area (TPSA) is 345 Å². The van der Waals surface area contributed by atoms with Gasteiger partial charge in [-0.05, 0) is 377 Å². The van der Waals surface area contributed by atoms with Gasteiger partial charge in [0.25, 0.3) is 0 Å². The van der Waals surface area contributed by atoms with Gasteiger partial charge in [-0.15, -0.1) is 0 Å². The fourth-order valence-electron chi connectivity index (χ4n) is 22.1. The predicted octanol–water partition coefficient (Wildman–Crippen LogP) is 21.9. The number of esters is 9. The van der Waals surface area contributed by atoms with Gasteiger partial charge in [0.15, 0.2) is 12.2 Å². The molecule has 5 heterocycles. The Labute approximate surface area is 815 Å². The third kappa shape index (κ3) is 24.0. The highest BCUT2D eigenvalue weighted by Gasteiger charge is 2.83. The number of phenolic OH excluding ortho intramolecular Hbond substituents is 1. The van der Waals surface area contributed by atoms with Crippen LogP contribution in [-0.2, 0) is 85.8 Å². The molecule has 782 valence electrons. The van der Waals surface area contributed by atoms with E-state index in [9.17, 15) is 80.4 Å². The highest BCUT2D eigenvalue weighted by atomic mass is 19.4. The molecule has 9 saturated carbocycles. The Balaban J connectivity index is 0.000000182. The van der Waals surface area contributed by atoms with Crippen molar-refractivity contribution in [3.63, 3.8) is 0 Å². The summed E-state index contributed by atoms with van der Waals surface area (Å²) in [5, 5.41) is 40.4. The molecule has 17 unspecified atom stereocenters. The lowest BCUT2D eigenvalue weighted by atomic mass is 9.37. The van der Waals surface area contributed by atoms with Crippen LogP contribution in [-0.4, -0.2) is 169 Å². The summed E-state index contributed by atoms with van der Waals surface area (Å²) in [6, 6.07) is 13.5. The first-order chi connectivity index (χ1) is 63.4. The molecular weight excluding hydrogens is 1790 g/mol. The van der Waals surface area contributed by atoms with E-state index in [1.54, 1.807) is 32.9 Å². The van der Waals surface area contributed by atoms with Crippen LogP contribution >= 0.6 is 0 Å². The number of carbonyl (C=O) groups excluding carboxylic acids is 9. The fourth-order valence-corrected chi connectivity index (χ4v) is 22.1. The number of hydrogen-bond acceptors (Lipinski definition) is 25. The quantitative estimate of drug-likeness (QED) is 0.0223. The van der Waals surface area contributed by atoms with Crippen LogP contribution in [0.5, 0.6) is 23.0 Å². The van der Waals surface area contributed by atoms with Crippen molar-refractivity contribution in [3.8, 4) is 23.0 Å². The van der Waals surface area contributed by atoms with Gasteiger partial charge in [-0.1, -0.05) is 61.8 Å². The first kappa shape index (κ1) is 114. The molecule has 17 atom stereocenters. The summed E-state index contributed by atoms with van der Waals surface area (Å²) in [5.41, 5.74) is -9.93. The number of alkyl halides is 5. The molecular formula is C108H165F5O25. The minimum absolute atomic E-state index is 0.0455. The van der Waals surface area contributed by atoms with Crippen LogP contribution in [0.15, 0.2) is 48.5 Å². The highest BCUT2D eigenvalue weighted by molar-refractivity contribution is 5.83. The zero-order valence-electron chi connectivity index (χ0n) is 87.7. The van der Waals surface area contributed by atoms with Crippen LogP contribution in [0.1, 0.15) is 361 Å². The molecule has 5 saturated heterocycles. The number of ether oxygens (including phenoxy) is 12. The van der Waals surface area contributed by atoms with E-state index < -0.39 is 110 Å². The summed E-state index contributed by atoms with van der Waals surface area (Å²) < 4.78 is 130. The molecule has 5 aliphatic heterocycles. The van der Waals surface area contributed by atoms with E-state index in [1.807, 2.05) is 156 Å². The van der Waals surface area contributed by atoms with Crippen molar-refractivity contribution < 1.29 is 142 Å². The maximum Gasteiger partial charge on any atom is 0.449 e. The minimum Gasteiger partial charge on any atom is -0.508 e. The van der Waals surface area contributed by atoms with Crippen LogP contribution in [0.4, 0.5) is 22.0 Å². The van der Waals surface area contributed by atoms with E-state index >= 15 is 0 Å². The second-order valence-electron chi connectivity index (χ2n) is 48.1. The minimum atomic E-state index is -5.74. The lowest BCUT2D eigenvalue weighted by molar-refractivity contribution is -0.409. The highest BCUT2D eigenvalue weighted by Crippen LogP contribution is 2.74. The van der Waals surface area contributed by atoms with E-state index in [-0.39, 0.29) is 99.5 Å². The molecule has 0 amide bonds. The Kier molecular flexibility index (Phi) is 34.6. The summed E-state index contributed by atoms with van der Waals surface area (Å²) in [6.07, 6.45) is 17.1. The molecule has 14 aliphatic rings. The normalized spacial score (nSPS) is 32.0. The predicted molar refractivity (Wildman–Crippen MR) is 505 cm³/mol. The number of carbonyl (C=O) groups is 9. The molecule has 0 spiro atoms. The van der Waals surface area contributed by atoms with Crippen LogP contribution < -0.4 is 14.2 Å². The molecule has 2 aromatic carbocycles. The first-order valence-electron chi connectivity index (χ1n) is 50.8. The average Bonchev–Trinajstić information content (AvgIpc) is 0.961. The monoisotopic (exact) mass is 1960 g/mol. The molecule has 16 rings (SSSR count). The van der Waals surface area contributed by atoms with Gasteiger partial charge in [0.05, 0.1) is 74.3 Å². The number of fused-ring (bicyclic) bond motifs is 10. The van der Waals surface area contributed by atoms with E-state index in [4.69, 9.17) is 52.5 Å². The van der Waals surface area contributed by atoms with Gasteiger partial charge in [0.2, 0.25) is 11.7 Å². The summed E-state index contributed by atoms with van der Waals surface area (Å²) in [7, 11) is 0. The molecule has 0 aromatic heterocycles. The molecule has 25 nitrogen and oxygen atoms in total. The fraction of sp³-hybridized carbons (Fsp3) is 0.806. The maximum atomic E-state index is 14.0. The van der Waals surface area contributed by atoms with E-state index in [2.05, 4.69) is 30.2 Å². The number of halogens is 5. The summed E-state index contributed by atoms with van der Waals surface area (Å²) in [4.78, 5) is 107. The summed E-state index contributed by atoms with van der Waals surface area (Å²) in [6.45, 7) is 50.7. The second kappa shape index (κ2) is 41.8. The van der Waals surface area contributed by atoms with Crippen molar-refractivity contribution in [2.24, 2.45) is 96.1 Å². The number of aliphatic hydroxyl groups is 3. The van der Waals surface area contributed by atoms with Gasteiger partial charge < -0.3 is 77.3 Å². The SMILES string of the molecule is CCC(C)(C)C(=O)OC1(C)COC(O)(C(F)(F)F)C1(F)F.CCC(C)(C)C(=O)OC1(CC)CC2CC1C1C3CCC(C3)C21.CCC(C)(C)C(=O)OC12CC3CC(C(C)(C)O)(C1)CC(C(C)(C)O)(C3)C2.CCC(C)(C)C(=O)OC1C2CC3C(=O)OC1C3O2.CCC(C)(C)C(=O)OC1CCOC1=O.CCC(C)(C)C(=O)Oc1ccc(O)cc1.CCC(C)(C)C(=O)Oc1ccc(OC2(C)CCCCC2)cc1. The zero-order valence-corrected chi connectivity index (χ0v) is 87.7. The van der Waals surface area contributed by atoms with Gasteiger partial charge in [0.1, 0.15) is 45.9 Å². The van der Waals surface area contributed by atoms with Crippen LogP contribution in [0, 0.1) is 96.1 Å². The molecule has 4 N–H and O–H groups in total. The Hall–Kier alpha value is -7.28. The van der Waals surface area contributed by atoms with Gasteiger partial charge in [-0.25, -0.2) is 4.79 Å². The number of aromatic hydroxyl groups is 1. The van der Waals surface area contributed by atoms with E-state index in [1.165, 1.54) is 70.9 Å². The molecule has 2 aromatic rings. The third-order valence-corrected chi connectivity index (χ3v) is 34.6. The smallest absolute Gasteiger partial charge is 0.449 e. The second-order valence-corrected chi connectivity index (χ2v) is 48.1. The Morgan fingerprint density at radius 1 is 0.478 bits per heavy atom. The van der Waals surface area contributed by atoms with Crippen LogP contribution in [0.3, 0.4) is 0 Å². The van der Waals surface area contributed by atoms with Crippen molar-refractivity contribution in [1.82, 2.24) is 0 Å². The van der Waals surface area contributed by atoms with Crippen molar-refractivity contribution in [3.05, 3.63) is 48.5 Å². The number of phenols is 1. The average molecular weight is 1960 g/mol. The van der Waals surface area contributed by atoms with Crippen molar-refractivity contribution >= 4 is 53.7 Å². The molecule has 138 heavy (non-hydrogen) atoms. The van der Waals surface area contributed by atoms with Gasteiger partial charge in [-0.2, -0.15) is 22.0 Å². The summed E-state index contributed by atoms with van der Waals surface area (Å²) >= 11 is 0. The van der Waals surface area contributed by atoms with Gasteiger partial charge in [0, 0.05) is 23.2 Å². The number of hydrogen-bond donors (Lipinski definition) is 4. The third-order valence-electron chi connectivity index (χ3n) is 34.6. The van der Waals surface area contributed by atoms with Crippen molar-refractivity contribution in [2.75, 3.05) is 13.2 Å². The van der Waals surface area contributed by atoms with Crippen LogP contribution in [0.25, 0.3) is 0 Å².